The van der Waals surface area contributed by atoms with Crippen LogP contribution >= 0.6 is 0 Å². The van der Waals surface area contributed by atoms with Gasteiger partial charge in [0.25, 0.3) is 0 Å². The summed E-state index contributed by atoms with van der Waals surface area (Å²) in [5.41, 5.74) is 12.4. The van der Waals surface area contributed by atoms with Gasteiger partial charge in [-0.25, -0.2) is 0 Å². The molecule has 0 atom stereocenters. The Hall–Kier alpha value is -6.76. The van der Waals surface area contributed by atoms with Crippen LogP contribution in [0, 0.1) is 0 Å². The predicted molar refractivity (Wildman–Crippen MR) is 224 cm³/mol. The first-order chi connectivity index (χ1) is 25.8. The van der Waals surface area contributed by atoms with Crippen molar-refractivity contribution in [3.63, 3.8) is 0 Å². The summed E-state index contributed by atoms with van der Waals surface area (Å²) in [5, 5.41) is 10.2. The summed E-state index contributed by atoms with van der Waals surface area (Å²) in [6.07, 6.45) is 0. The van der Waals surface area contributed by atoms with Crippen molar-refractivity contribution in [3.8, 4) is 55.6 Å². The molecule has 0 aromatic heterocycles. The van der Waals surface area contributed by atoms with Gasteiger partial charge in [0, 0.05) is 0 Å². The number of benzene rings is 10. The predicted octanol–water partition coefficient (Wildman–Crippen LogP) is 14.6. The van der Waals surface area contributed by atoms with Crippen LogP contribution in [0.4, 0.5) is 0 Å². The van der Waals surface area contributed by atoms with Gasteiger partial charge in [0.05, 0.1) is 0 Å². The lowest BCUT2D eigenvalue weighted by atomic mass is 9.85. The standard InChI is InChI=1S/C52H34/c1-2-13-35(14-3-1)36-25-27-37(28-26-36)38-29-31-39(32-30-38)51-46-21-8-10-23-48(46)52(49-24-11-9-22-47(49)51)42-17-12-16-40(33-42)50-34-41-15-4-5-18-43(41)44-19-6-7-20-45(44)50/h1-34H. The van der Waals surface area contributed by atoms with E-state index >= 15 is 0 Å². The van der Waals surface area contributed by atoms with Crippen LogP contribution in [-0.4, -0.2) is 0 Å². The Kier molecular flexibility index (Phi) is 7.25. The maximum Gasteiger partial charge on any atom is -0.00262 e. The highest BCUT2D eigenvalue weighted by Gasteiger charge is 2.18. The Labute approximate surface area is 303 Å². The summed E-state index contributed by atoms with van der Waals surface area (Å²) in [6.45, 7) is 0. The van der Waals surface area contributed by atoms with Crippen LogP contribution in [-0.2, 0) is 0 Å². The van der Waals surface area contributed by atoms with Crippen molar-refractivity contribution >= 4 is 43.1 Å². The Balaban J connectivity index is 1.11. The zero-order valence-corrected chi connectivity index (χ0v) is 28.6. The smallest absolute Gasteiger partial charge is 0.00262 e. The van der Waals surface area contributed by atoms with Crippen molar-refractivity contribution in [1.82, 2.24) is 0 Å². The van der Waals surface area contributed by atoms with E-state index in [-0.39, 0.29) is 0 Å². The van der Waals surface area contributed by atoms with Crippen molar-refractivity contribution in [2.24, 2.45) is 0 Å². The summed E-state index contributed by atoms with van der Waals surface area (Å²) in [7, 11) is 0. The molecule has 0 spiro atoms. The lowest BCUT2D eigenvalue weighted by molar-refractivity contribution is 1.59. The molecule has 0 aliphatic heterocycles. The van der Waals surface area contributed by atoms with Crippen LogP contribution in [0.5, 0.6) is 0 Å². The normalized spacial score (nSPS) is 11.5. The van der Waals surface area contributed by atoms with E-state index in [0.717, 1.165) is 0 Å². The molecule has 0 nitrogen and oxygen atoms in total. The van der Waals surface area contributed by atoms with E-state index in [1.54, 1.807) is 0 Å². The summed E-state index contributed by atoms with van der Waals surface area (Å²) < 4.78 is 0. The summed E-state index contributed by atoms with van der Waals surface area (Å²) in [4.78, 5) is 0. The van der Waals surface area contributed by atoms with Crippen LogP contribution < -0.4 is 0 Å². The molecule has 0 heteroatoms. The Morgan fingerprint density at radius 2 is 0.577 bits per heavy atom. The fourth-order valence-electron chi connectivity index (χ4n) is 8.20. The molecule has 0 aliphatic rings. The molecular formula is C52H34. The highest BCUT2D eigenvalue weighted by Crippen LogP contribution is 2.45. The minimum Gasteiger partial charge on any atom is -0.0622 e. The average molecular weight is 659 g/mol. The first-order valence-electron chi connectivity index (χ1n) is 18.0. The monoisotopic (exact) mass is 658 g/mol. The molecule has 242 valence electrons. The SMILES string of the molecule is c1ccc(-c2ccc(-c3ccc(-c4c5ccccc5c(-c5cccc(-c6cc7ccccc7c7ccccc67)c5)c5ccccc45)cc3)cc2)cc1. The lowest BCUT2D eigenvalue weighted by Gasteiger charge is -2.19. The Morgan fingerprint density at radius 1 is 0.192 bits per heavy atom. The van der Waals surface area contributed by atoms with E-state index in [1.807, 2.05) is 0 Å². The molecular weight excluding hydrogens is 625 g/mol. The van der Waals surface area contributed by atoms with Crippen molar-refractivity contribution in [2.45, 2.75) is 0 Å². The quantitative estimate of drug-likeness (QED) is 0.128. The molecule has 10 aromatic rings. The summed E-state index contributed by atoms with van der Waals surface area (Å²) in [6, 6.07) is 75.5. The molecule has 0 unspecified atom stereocenters. The van der Waals surface area contributed by atoms with Crippen molar-refractivity contribution in [3.05, 3.63) is 206 Å². The molecule has 10 aromatic carbocycles. The zero-order chi connectivity index (χ0) is 34.4. The van der Waals surface area contributed by atoms with Crippen molar-refractivity contribution in [1.29, 1.82) is 0 Å². The maximum absolute atomic E-state index is 2.39. The van der Waals surface area contributed by atoms with Crippen LogP contribution in [0.2, 0.25) is 0 Å². The number of rotatable bonds is 5. The molecule has 0 bridgehead atoms. The van der Waals surface area contributed by atoms with E-state index in [0.29, 0.717) is 0 Å². The maximum atomic E-state index is 2.39. The van der Waals surface area contributed by atoms with Gasteiger partial charge in [-0.2, -0.15) is 0 Å². The Morgan fingerprint density at radius 3 is 1.15 bits per heavy atom. The van der Waals surface area contributed by atoms with Gasteiger partial charge in [-0.1, -0.05) is 194 Å². The van der Waals surface area contributed by atoms with Gasteiger partial charge in [0.15, 0.2) is 0 Å². The average Bonchev–Trinajstić information content (AvgIpc) is 3.23. The second-order valence-electron chi connectivity index (χ2n) is 13.6. The largest absolute Gasteiger partial charge is 0.0622 e. The van der Waals surface area contributed by atoms with Crippen LogP contribution in [0.1, 0.15) is 0 Å². The lowest BCUT2D eigenvalue weighted by Crippen LogP contribution is -1.91. The second-order valence-corrected chi connectivity index (χ2v) is 13.6. The molecule has 0 radical (unpaired) electrons. The van der Waals surface area contributed by atoms with Gasteiger partial charge in [0.1, 0.15) is 0 Å². The first-order valence-corrected chi connectivity index (χ1v) is 18.0. The number of hydrogen-bond donors (Lipinski definition) is 0. The minimum absolute atomic E-state index is 1.21. The van der Waals surface area contributed by atoms with Gasteiger partial charge in [-0.15, -0.1) is 0 Å². The number of fused-ring (bicyclic) bond motifs is 5. The topological polar surface area (TPSA) is 0 Å². The van der Waals surface area contributed by atoms with E-state index in [1.165, 1.54) is 98.7 Å². The van der Waals surface area contributed by atoms with Crippen molar-refractivity contribution in [2.75, 3.05) is 0 Å². The highest BCUT2D eigenvalue weighted by atomic mass is 14.2. The van der Waals surface area contributed by atoms with E-state index in [4.69, 9.17) is 0 Å². The summed E-state index contributed by atoms with van der Waals surface area (Å²) >= 11 is 0. The zero-order valence-electron chi connectivity index (χ0n) is 28.6. The fraction of sp³-hybridized carbons (Fsp3) is 0. The summed E-state index contributed by atoms with van der Waals surface area (Å²) in [5.74, 6) is 0. The van der Waals surface area contributed by atoms with Crippen LogP contribution in [0.15, 0.2) is 206 Å². The van der Waals surface area contributed by atoms with E-state index in [9.17, 15) is 0 Å². The molecule has 0 saturated carbocycles. The molecule has 0 N–H and O–H groups in total. The minimum atomic E-state index is 1.21. The molecule has 0 heterocycles. The molecule has 10 rings (SSSR count). The van der Waals surface area contributed by atoms with Crippen LogP contribution in [0.3, 0.4) is 0 Å². The Bertz CT molecular complexity index is 2860. The molecule has 0 fully saturated rings. The third kappa shape index (κ3) is 5.08. The van der Waals surface area contributed by atoms with Gasteiger partial charge in [-0.05, 0) is 111 Å². The second kappa shape index (κ2) is 12.5. The number of hydrogen-bond acceptors (Lipinski definition) is 0. The van der Waals surface area contributed by atoms with Gasteiger partial charge >= 0.3 is 0 Å². The molecule has 0 aliphatic carbocycles. The van der Waals surface area contributed by atoms with E-state index < -0.39 is 0 Å². The highest BCUT2D eigenvalue weighted by molar-refractivity contribution is 6.22. The molecule has 52 heavy (non-hydrogen) atoms. The fourth-order valence-corrected chi connectivity index (χ4v) is 8.20. The van der Waals surface area contributed by atoms with Gasteiger partial charge in [0.2, 0.25) is 0 Å². The van der Waals surface area contributed by atoms with Gasteiger partial charge in [-0.3, -0.25) is 0 Å². The first kappa shape index (κ1) is 30.1. The van der Waals surface area contributed by atoms with Crippen LogP contribution in [0.25, 0.3) is 98.7 Å². The van der Waals surface area contributed by atoms with Gasteiger partial charge < -0.3 is 0 Å². The third-order valence-corrected chi connectivity index (χ3v) is 10.7. The third-order valence-electron chi connectivity index (χ3n) is 10.7. The van der Waals surface area contributed by atoms with E-state index in [2.05, 4.69) is 206 Å². The van der Waals surface area contributed by atoms with Crippen molar-refractivity contribution < 1.29 is 0 Å². The molecule has 0 amide bonds. The molecule has 0 saturated heterocycles.